The van der Waals surface area contributed by atoms with Gasteiger partial charge in [0.15, 0.2) is 0 Å². The summed E-state index contributed by atoms with van der Waals surface area (Å²) in [7, 11) is 0. The Morgan fingerprint density at radius 1 is 1.25 bits per heavy atom. The van der Waals surface area contributed by atoms with Gasteiger partial charge in [0.25, 0.3) is 0 Å². The topological polar surface area (TPSA) is 9.23 Å². The van der Waals surface area contributed by atoms with Crippen LogP contribution in [-0.2, 0) is 19.7 Å². The predicted octanol–water partition coefficient (Wildman–Crippen LogP) is 1.62. The van der Waals surface area contributed by atoms with Crippen molar-refractivity contribution in [2.24, 2.45) is 0 Å². The summed E-state index contributed by atoms with van der Waals surface area (Å²) < 4.78 is 3.88. The van der Waals surface area contributed by atoms with Crippen molar-refractivity contribution in [1.29, 1.82) is 0 Å². The largest absolute Gasteiger partial charge is 3.00 e. The van der Waals surface area contributed by atoms with E-state index in [2.05, 4.69) is 35.4 Å². The Bertz CT molecular complexity index is 6.00. The molecule has 26 valence electrons. The third kappa shape index (κ3) is 9.91. The van der Waals surface area contributed by atoms with Crippen molar-refractivity contribution in [3.05, 3.63) is 0 Å². The number of rotatable bonds is 0. The van der Waals surface area contributed by atoms with Crippen LogP contribution in [0.2, 0.25) is 0 Å². The molecule has 0 aliphatic rings. The molecule has 0 radical (unpaired) electrons. The Kier molecular flexibility index (Phi) is 20.0. The predicted molar refractivity (Wildman–Crippen MR) is 18.9 cm³/mol. The fourth-order valence-electron chi connectivity index (χ4n) is 0. The van der Waals surface area contributed by atoms with Crippen LogP contribution >= 0.6 is 32.5 Å². The molecule has 0 amide bonds. The van der Waals surface area contributed by atoms with Gasteiger partial charge in [0.05, 0.1) is 0 Å². The minimum atomic E-state index is 0. The summed E-state index contributed by atoms with van der Waals surface area (Å²) >= 11 is 5.12. The molecule has 0 heterocycles. The van der Waals surface area contributed by atoms with Gasteiger partial charge in [-0.25, -0.2) is 2.92 Å². The van der Waals surface area contributed by atoms with Crippen molar-refractivity contribution >= 4 is 32.5 Å². The van der Waals surface area contributed by atoms with Crippen molar-refractivity contribution < 1.29 is 19.7 Å². The maximum Gasteiger partial charge on any atom is 3.00 e. The van der Waals surface area contributed by atoms with Crippen LogP contribution in [0.4, 0.5) is 0 Å². The molecule has 0 unspecified atom stereocenters. The van der Waals surface area contributed by atoms with Gasteiger partial charge in [0.1, 0.15) is 32.5 Å². The fraction of sp³-hybridized carbons (Fsp3) is 0. The molecule has 0 N–H and O–H groups in total. The molecule has 0 bridgehead atoms. The molecule has 0 rings (SSSR count). The molecular weight excluding hydrogens is 235 g/mol. The molecule has 0 aromatic heterocycles. The van der Waals surface area contributed by atoms with E-state index in [4.69, 9.17) is 0 Å². The van der Waals surface area contributed by atoms with Crippen molar-refractivity contribution in [3.63, 3.8) is 0 Å². The first-order chi connectivity index (χ1) is 1.41. The van der Waals surface area contributed by atoms with Gasteiger partial charge in [0.2, 0.25) is 0 Å². The van der Waals surface area contributed by atoms with Gasteiger partial charge in [-0.3, -0.25) is 0 Å². The summed E-state index contributed by atoms with van der Waals surface area (Å²) in [4.78, 5) is 0. The normalized spacial score (nSPS) is 4.50. The first-order valence-electron chi connectivity index (χ1n) is 0.309. The van der Waals surface area contributed by atoms with Gasteiger partial charge in [-0.2, -0.15) is 0 Å². The molecule has 1 nitrogen and oxygen atoms in total. The van der Waals surface area contributed by atoms with Gasteiger partial charge in [-0.1, -0.05) is 0 Å². The molecule has 0 fully saturated rings. The van der Waals surface area contributed by atoms with Crippen LogP contribution in [0.1, 0.15) is 0 Å². The Hall–Kier alpha value is 1.43. The van der Waals surface area contributed by atoms with Crippen LogP contribution in [0, 0.1) is 0 Å². The van der Waals surface area contributed by atoms with Crippen LogP contribution in [0.15, 0.2) is 0 Å². The summed E-state index contributed by atoms with van der Waals surface area (Å²) in [5.41, 5.74) is 0. The molecular formula is Br2CoO+3. The van der Waals surface area contributed by atoms with E-state index in [1.807, 2.05) is 0 Å². The molecule has 0 aliphatic heterocycles. The van der Waals surface area contributed by atoms with Crippen LogP contribution < -0.4 is 0 Å². The molecule has 0 aromatic rings. The Labute approximate surface area is 52.2 Å². The molecule has 0 spiro atoms. The van der Waals surface area contributed by atoms with Crippen LogP contribution in [0.5, 0.6) is 0 Å². The average molecular weight is 235 g/mol. The van der Waals surface area contributed by atoms with Crippen LogP contribution in [-0.4, -0.2) is 0 Å². The number of hydrogen-bond donors (Lipinski definition) is 0. The third-order valence-electron chi connectivity index (χ3n) is 0. The SMILES string of the molecule is BrOBr.[Co+3]. The molecule has 4 heteroatoms. The van der Waals surface area contributed by atoms with Gasteiger partial charge in [-0.05, 0) is 0 Å². The Morgan fingerprint density at radius 2 is 1.25 bits per heavy atom. The van der Waals surface area contributed by atoms with Crippen molar-refractivity contribution in [2.75, 3.05) is 0 Å². The third-order valence-corrected chi connectivity index (χ3v) is 0. The molecule has 0 atom stereocenters. The minimum Gasteiger partial charge on any atom is -0.230 e. The van der Waals surface area contributed by atoms with Crippen molar-refractivity contribution in [1.82, 2.24) is 0 Å². The van der Waals surface area contributed by atoms with Crippen LogP contribution in [0.25, 0.3) is 0 Å². The minimum absolute atomic E-state index is 0. The molecule has 4 heavy (non-hydrogen) atoms. The van der Waals surface area contributed by atoms with E-state index in [-0.39, 0.29) is 16.8 Å². The van der Waals surface area contributed by atoms with Gasteiger partial charge in [0, 0.05) is 0 Å². The van der Waals surface area contributed by atoms with Gasteiger partial charge in [-0.15, -0.1) is 0 Å². The second-order valence-corrected chi connectivity index (χ2v) is 1.57. The van der Waals surface area contributed by atoms with E-state index < -0.39 is 0 Å². The zero-order valence-corrected chi connectivity index (χ0v) is 5.71. The summed E-state index contributed by atoms with van der Waals surface area (Å²) in [6, 6.07) is 0. The monoisotopic (exact) mass is 233 g/mol. The van der Waals surface area contributed by atoms with Crippen molar-refractivity contribution in [2.45, 2.75) is 0 Å². The van der Waals surface area contributed by atoms with E-state index >= 15 is 0 Å². The van der Waals surface area contributed by atoms with E-state index in [0.717, 1.165) is 0 Å². The standard InChI is InChI=1S/Br2O.Co/c1-3-2;/q;+3. The maximum atomic E-state index is 3.88. The van der Waals surface area contributed by atoms with Crippen LogP contribution in [0.3, 0.4) is 0 Å². The van der Waals surface area contributed by atoms with E-state index in [9.17, 15) is 0 Å². The summed E-state index contributed by atoms with van der Waals surface area (Å²) in [6.07, 6.45) is 0. The molecule has 0 aromatic carbocycles. The van der Waals surface area contributed by atoms with E-state index in [1.54, 1.807) is 0 Å². The summed E-state index contributed by atoms with van der Waals surface area (Å²) in [6.45, 7) is 0. The van der Waals surface area contributed by atoms with Gasteiger partial charge >= 0.3 is 16.8 Å². The number of halogens is 2. The quantitative estimate of drug-likeness (QED) is 0.619. The van der Waals surface area contributed by atoms with E-state index in [0.29, 0.717) is 0 Å². The molecule has 0 saturated carbocycles. The first kappa shape index (κ1) is 9.06. The average Bonchev–Trinajstić information content (AvgIpc) is 0.918. The molecule has 0 saturated heterocycles. The zero-order chi connectivity index (χ0) is 2.71. The second-order valence-electron chi connectivity index (χ2n) is 0.0583. The Balaban J connectivity index is 0. The molecule has 0 aliphatic carbocycles. The first-order valence-corrected chi connectivity index (χ1v) is 1.60. The van der Waals surface area contributed by atoms with Crippen molar-refractivity contribution in [3.8, 4) is 0 Å². The Morgan fingerprint density at radius 3 is 1.25 bits per heavy atom. The zero-order valence-electron chi connectivity index (χ0n) is 1.50. The maximum absolute atomic E-state index is 3.88. The van der Waals surface area contributed by atoms with E-state index in [1.165, 1.54) is 0 Å². The van der Waals surface area contributed by atoms with Gasteiger partial charge < -0.3 is 0 Å². The number of hydrogen-bond acceptors (Lipinski definition) is 1. The fourth-order valence-corrected chi connectivity index (χ4v) is 0. The second kappa shape index (κ2) is 8.83. The summed E-state index contributed by atoms with van der Waals surface area (Å²) in [5, 5.41) is 0. The summed E-state index contributed by atoms with van der Waals surface area (Å²) in [5.74, 6) is 0. The smallest absolute Gasteiger partial charge is 0.230 e.